The normalized spacial score (nSPS) is 11.7. The number of nitrogens with one attached hydrogen (secondary N) is 2. The first-order chi connectivity index (χ1) is 15.8. The lowest BCUT2D eigenvalue weighted by molar-refractivity contribution is -0.113. The molecular weight excluding hydrogens is 462 g/mol. The van der Waals surface area contributed by atoms with Gasteiger partial charge in [-0.1, -0.05) is 41.1 Å². The molecule has 0 saturated heterocycles. The summed E-state index contributed by atoms with van der Waals surface area (Å²) >= 11 is 7.28. The number of aromatic nitrogens is 3. The molecule has 1 unspecified atom stereocenters. The first-order valence-electron chi connectivity index (χ1n) is 10.4. The van der Waals surface area contributed by atoms with Crippen LogP contribution in [0.3, 0.4) is 0 Å². The summed E-state index contributed by atoms with van der Waals surface area (Å²) in [5, 5.41) is 15.3. The van der Waals surface area contributed by atoms with E-state index in [9.17, 15) is 9.59 Å². The second kappa shape index (κ2) is 11.2. The molecule has 0 fully saturated rings. The van der Waals surface area contributed by atoms with Crippen molar-refractivity contribution in [2.24, 2.45) is 0 Å². The van der Waals surface area contributed by atoms with Crippen LogP contribution in [0.5, 0.6) is 5.75 Å². The number of hydrogen-bond acceptors (Lipinski definition) is 6. The van der Waals surface area contributed by atoms with Crippen LogP contribution < -0.4 is 15.4 Å². The molecule has 10 heteroatoms. The van der Waals surface area contributed by atoms with Gasteiger partial charge in [0.15, 0.2) is 11.0 Å². The SMILES string of the molecule is CCn1c(SCC(=O)Nc2cc(Cl)ccc2OC)nnc1C(C)NC(=O)c1ccc(C)cc1. The molecule has 1 atom stereocenters. The summed E-state index contributed by atoms with van der Waals surface area (Å²) in [5.41, 5.74) is 2.17. The molecule has 0 aliphatic heterocycles. The number of hydrogen-bond donors (Lipinski definition) is 2. The van der Waals surface area contributed by atoms with Gasteiger partial charge in [0.05, 0.1) is 24.6 Å². The van der Waals surface area contributed by atoms with Gasteiger partial charge in [0.25, 0.3) is 5.91 Å². The van der Waals surface area contributed by atoms with E-state index in [1.165, 1.54) is 18.9 Å². The minimum atomic E-state index is -0.356. The van der Waals surface area contributed by atoms with Gasteiger partial charge in [-0.2, -0.15) is 0 Å². The van der Waals surface area contributed by atoms with E-state index in [0.29, 0.717) is 39.5 Å². The number of thioether (sulfide) groups is 1. The molecule has 2 amide bonds. The summed E-state index contributed by atoms with van der Waals surface area (Å²) in [6.45, 7) is 6.38. The van der Waals surface area contributed by atoms with Crippen LogP contribution in [-0.4, -0.2) is 39.4 Å². The number of nitrogens with zero attached hydrogens (tertiary/aromatic N) is 3. The van der Waals surface area contributed by atoms with Gasteiger partial charge in [-0.05, 0) is 51.1 Å². The molecule has 174 valence electrons. The van der Waals surface area contributed by atoms with Gasteiger partial charge < -0.3 is 19.9 Å². The Labute approximate surface area is 202 Å². The summed E-state index contributed by atoms with van der Waals surface area (Å²) in [6, 6.07) is 12.0. The van der Waals surface area contributed by atoms with Crippen molar-refractivity contribution in [1.82, 2.24) is 20.1 Å². The topological polar surface area (TPSA) is 98.1 Å². The van der Waals surface area contributed by atoms with Crippen LogP contribution in [0.25, 0.3) is 0 Å². The Kier molecular flexibility index (Phi) is 8.35. The summed E-state index contributed by atoms with van der Waals surface area (Å²) in [5.74, 6) is 0.857. The number of rotatable bonds is 9. The minimum absolute atomic E-state index is 0.123. The third-order valence-corrected chi connectivity index (χ3v) is 6.08. The third-order valence-electron chi connectivity index (χ3n) is 4.88. The van der Waals surface area contributed by atoms with Crippen LogP contribution in [0.1, 0.15) is 41.6 Å². The van der Waals surface area contributed by atoms with Crippen LogP contribution in [0, 0.1) is 6.92 Å². The highest BCUT2D eigenvalue weighted by atomic mass is 35.5. The average Bonchev–Trinajstić information content (AvgIpc) is 3.21. The lowest BCUT2D eigenvalue weighted by Gasteiger charge is -2.15. The van der Waals surface area contributed by atoms with E-state index in [0.717, 1.165) is 5.56 Å². The predicted molar refractivity (Wildman–Crippen MR) is 130 cm³/mol. The lowest BCUT2D eigenvalue weighted by atomic mass is 10.1. The molecule has 2 N–H and O–H groups in total. The van der Waals surface area contributed by atoms with Crippen molar-refractivity contribution in [3.63, 3.8) is 0 Å². The lowest BCUT2D eigenvalue weighted by Crippen LogP contribution is -2.28. The van der Waals surface area contributed by atoms with E-state index in [-0.39, 0.29) is 23.6 Å². The van der Waals surface area contributed by atoms with Crippen molar-refractivity contribution in [3.8, 4) is 5.75 Å². The van der Waals surface area contributed by atoms with E-state index >= 15 is 0 Å². The quantitative estimate of drug-likeness (QED) is 0.431. The van der Waals surface area contributed by atoms with Crippen molar-refractivity contribution in [2.45, 2.75) is 38.5 Å². The maximum atomic E-state index is 12.6. The largest absolute Gasteiger partial charge is 0.495 e. The van der Waals surface area contributed by atoms with Gasteiger partial charge in [0, 0.05) is 17.1 Å². The van der Waals surface area contributed by atoms with Crippen LogP contribution in [0.15, 0.2) is 47.6 Å². The zero-order valence-corrected chi connectivity index (χ0v) is 20.5. The second-order valence-corrected chi connectivity index (χ2v) is 8.71. The first-order valence-corrected chi connectivity index (χ1v) is 11.8. The van der Waals surface area contributed by atoms with Crippen LogP contribution in [-0.2, 0) is 11.3 Å². The molecule has 0 aliphatic rings. The molecule has 0 bridgehead atoms. The Morgan fingerprint density at radius 2 is 1.91 bits per heavy atom. The molecule has 1 heterocycles. The molecule has 1 aromatic heterocycles. The zero-order chi connectivity index (χ0) is 24.0. The summed E-state index contributed by atoms with van der Waals surface area (Å²) in [7, 11) is 1.53. The van der Waals surface area contributed by atoms with Gasteiger partial charge in [0.1, 0.15) is 5.75 Å². The number of aryl methyl sites for hydroxylation is 1. The number of ether oxygens (including phenoxy) is 1. The highest BCUT2D eigenvalue weighted by molar-refractivity contribution is 7.99. The molecule has 2 aromatic carbocycles. The third kappa shape index (κ3) is 6.27. The van der Waals surface area contributed by atoms with Gasteiger partial charge in [-0.3, -0.25) is 9.59 Å². The Hall–Kier alpha value is -3.04. The van der Waals surface area contributed by atoms with Crippen LogP contribution >= 0.6 is 23.4 Å². The van der Waals surface area contributed by atoms with Crippen LogP contribution in [0.4, 0.5) is 5.69 Å². The van der Waals surface area contributed by atoms with Crippen molar-refractivity contribution in [2.75, 3.05) is 18.2 Å². The van der Waals surface area contributed by atoms with Crippen LogP contribution in [0.2, 0.25) is 5.02 Å². The van der Waals surface area contributed by atoms with E-state index in [4.69, 9.17) is 16.3 Å². The molecule has 0 radical (unpaired) electrons. The van der Waals surface area contributed by atoms with E-state index in [2.05, 4.69) is 20.8 Å². The fraction of sp³-hybridized carbons (Fsp3) is 0.304. The van der Waals surface area contributed by atoms with Crippen molar-refractivity contribution in [1.29, 1.82) is 0 Å². The molecular formula is C23H26ClN5O3S. The van der Waals surface area contributed by atoms with Crippen molar-refractivity contribution < 1.29 is 14.3 Å². The molecule has 0 aliphatic carbocycles. The minimum Gasteiger partial charge on any atom is -0.495 e. The van der Waals surface area contributed by atoms with Gasteiger partial charge in [0.2, 0.25) is 5.91 Å². The number of carbonyl (C=O) groups is 2. The van der Waals surface area contributed by atoms with E-state index in [1.807, 2.05) is 37.5 Å². The second-order valence-electron chi connectivity index (χ2n) is 7.33. The predicted octanol–water partition coefficient (Wildman–Crippen LogP) is 4.49. The maximum absolute atomic E-state index is 12.6. The maximum Gasteiger partial charge on any atom is 0.251 e. The number of halogens is 1. The molecule has 33 heavy (non-hydrogen) atoms. The Morgan fingerprint density at radius 1 is 1.18 bits per heavy atom. The Morgan fingerprint density at radius 3 is 2.58 bits per heavy atom. The first kappa shape index (κ1) is 24.6. The Bertz CT molecular complexity index is 1130. The zero-order valence-electron chi connectivity index (χ0n) is 18.9. The number of carbonyl (C=O) groups excluding carboxylic acids is 2. The fourth-order valence-corrected chi connectivity index (χ4v) is 4.15. The summed E-state index contributed by atoms with van der Waals surface area (Å²) in [4.78, 5) is 25.1. The van der Waals surface area contributed by atoms with E-state index < -0.39 is 0 Å². The number of anilines is 1. The summed E-state index contributed by atoms with van der Waals surface area (Å²) in [6.07, 6.45) is 0. The molecule has 3 rings (SSSR count). The molecule has 3 aromatic rings. The van der Waals surface area contributed by atoms with Crippen molar-refractivity contribution in [3.05, 3.63) is 64.4 Å². The van der Waals surface area contributed by atoms with Gasteiger partial charge in [-0.25, -0.2) is 0 Å². The highest BCUT2D eigenvalue weighted by Gasteiger charge is 2.20. The monoisotopic (exact) mass is 487 g/mol. The molecule has 0 saturated carbocycles. The summed E-state index contributed by atoms with van der Waals surface area (Å²) < 4.78 is 7.15. The molecule has 0 spiro atoms. The van der Waals surface area contributed by atoms with E-state index in [1.54, 1.807) is 30.3 Å². The Balaban J connectivity index is 1.64. The smallest absolute Gasteiger partial charge is 0.251 e. The fourth-order valence-electron chi connectivity index (χ4n) is 3.17. The number of amides is 2. The highest BCUT2D eigenvalue weighted by Crippen LogP contribution is 2.28. The average molecular weight is 488 g/mol. The van der Waals surface area contributed by atoms with Gasteiger partial charge in [-0.15, -0.1) is 10.2 Å². The molecule has 8 nitrogen and oxygen atoms in total. The number of benzene rings is 2. The standard InChI is InChI=1S/C23H26ClN5O3S/c1-5-29-21(15(3)25-22(31)16-8-6-14(2)7-9-16)27-28-23(29)33-13-20(30)26-18-12-17(24)10-11-19(18)32-4/h6-12,15H,5,13H2,1-4H3,(H,25,31)(H,26,30). The van der Waals surface area contributed by atoms with Gasteiger partial charge >= 0.3 is 0 Å². The van der Waals surface area contributed by atoms with Crippen molar-refractivity contribution >= 4 is 40.9 Å². The number of methoxy groups -OCH3 is 1.